The number of halogens is 1. The van der Waals surface area contributed by atoms with Crippen LogP contribution in [0.4, 0.5) is 4.39 Å². The average Bonchev–Trinajstić information content (AvgIpc) is 1.50. The first-order valence-electron chi connectivity index (χ1n) is 42.6. The van der Waals surface area contributed by atoms with Crippen LogP contribution in [-0.2, 0) is 115 Å². The number of nitrogens with zero attached hydrogens (tertiary/aromatic N) is 5. The van der Waals surface area contributed by atoms with Crippen LogP contribution in [-0.4, -0.2) is 267 Å². The van der Waals surface area contributed by atoms with Gasteiger partial charge in [-0.3, -0.25) is 76.7 Å². The van der Waals surface area contributed by atoms with Gasteiger partial charge in [-0.15, -0.1) is 11.8 Å². The fraction of sp³-hybridized carbons (Fsp3) is 0.419. The molecule has 0 spiro atoms. The molecule has 0 bridgehead atoms. The third-order valence-electron chi connectivity index (χ3n) is 22.0. The maximum atomic E-state index is 15.5. The van der Waals surface area contributed by atoms with E-state index in [9.17, 15) is 57.8 Å². The van der Waals surface area contributed by atoms with Crippen LogP contribution < -0.4 is 53.6 Å². The largest absolute Gasteiger partial charge is 0.508 e. The van der Waals surface area contributed by atoms with Gasteiger partial charge >= 0.3 is 5.97 Å². The second-order valence-corrected chi connectivity index (χ2v) is 34.1. The summed E-state index contributed by atoms with van der Waals surface area (Å²) in [4.78, 5) is 243. The summed E-state index contributed by atoms with van der Waals surface area (Å²) < 4.78 is 14.7. The number of fused-ring (bicyclic) bond motifs is 1. The van der Waals surface area contributed by atoms with Crippen molar-refractivity contribution in [3.8, 4) is 5.75 Å². The maximum absolute atomic E-state index is 15.5. The minimum Gasteiger partial charge on any atom is -0.508 e. The Morgan fingerprint density at radius 3 is 1.50 bits per heavy atom. The van der Waals surface area contributed by atoms with Crippen molar-refractivity contribution >= 4 is 117 Å². The van der Waals surface area contributed by atoms with Crippen LogP contribution in [0.2, 0.25) is 0 Å². The van der Waals surface area contributed by atoms with Crippen LogP contribution in [0, 0.1) is 17.7 Å². The zero-order chi connectivity index (χ0) is 94.3. The summed E-state index contributed by atoms with van der Waals surface area (Å²) in [5, 5.41) is 45.1. The number of aromatic nitrogens is 1. The zero-order valence-corrected chi connectivity index (χ0v) is 74.8. The Morgan fingerprint density at radius 1 is 0.481 bits per heavy atom. The minimum absolute atomic E-state index is 0.0269. The molecular formula is C93H117FN16O18S. The third-order valence-corrected chi connectivity index (χ3v) is 23.1. The molecule has 36 heteroatoms. The number of aromatic amines is 1. The number of para-hydroxylation sites is 1. The number of hydrogen-bond acceptors (Lipinski definition) is 18. The Hall–Kier alpha value is -13.5. The first-order valence-corrected chi connectivity index (χ1v) is 43.8. The number of likely N-dealkylation sites (N-methyl/N-ethyl adjacent to an activating group) is 5. The molecule has 15 amide bonds. The highest BCUT2D eigenvalue weighted by molar-refractivity contribution is 8.00. The number of carbonyl (C=O) groups is 16. The molecule has 1 aliphatic rings. The summed E-state index contributed by atoms with van der Waals surface area (Å²) in [7, 11) is 6.51. The summed E-state index contributed by atoms with van der Waals surface area (Å²) in [6.07, 6.45) is -0.0399. The van der Waals surface area contributed by atoms with E-state index >= 15 is 33.6 Å². The van der Waals surface area contributed by atoms with E-state index in [1.165, 1.54) is 76.5 Å². The molecule has 0 unspecified atom stereocenters. The van der Waals surface area contributed by atoms with E-state index < -0.39 is 210 Å². The summed E-state index contributed by atoms with van der Waals surface area (Å²) >= 11 is 0.820. The van der Waals surface area contributed by atoms with E-state index in [4.69, 9.17) is 5.73 Å². The van der Waals surface area contributed by atoms with Crippen LogP contribution in [0.15, 0.2) is 170 Å². The number of H-pyrrole nitrogens is 1. The zero-order valence-electron chi connectivity index (χ0n) is 74.0. The van der Waals surface area contributed by atoms with E-state index in [0.717, 1.165) is 43.5 Å². The van der Waals surface area contributed by atoms with Gasteiger partial charge in [-0.2, -0.15) is 0 Å². The van der Waals surface area contributed by atoms with Crippen LogP contribution >= 0.6 is 11.8 Å². The van der Waals surface area contributed by atoms with E-state index in [1.54, 1.807) is 149 Å². The smallest absolute Gasteiger partial charge is 0.305 e. The highest BCUT2D eigenvalue weighted by atomic mass is 32.2. The van der Waals surface area contributed by atoms with Gasteiger partial charge in [0.2, 0.25) is 88.6 Å². The number of unbranched alkanes of at least 4 members (excludes halogenated alkanes) is 1. The Kier molecular flexibility index (Phi) is 38.3. The Morgan fingerprint density at radius 2 is 0.938 bits per heavy atom. The van der Waals surface area contributed by atoms with E-state index in [2.05, 4.69) is 52.8 Å². The lowest BCUT2D eigenvalue weighted by molar-refractivity contribution is -0.151. The van der Waals surface area contributed by atoms with Crippen LogP contribution in [0.5, 0.6) is 5.75 Å². The van der Waals surface area contributed by atoms with Gasteiger partial charge in [-0.1, -0.05) is 181 Å². The molecule has 34 nitrogen and oxygen atoms in total. The van der Waals surface area contributed by atoms with Crippen molar-refractivity contribution in [2.75, 3.05) is 66.4 Å². The van der Waals surface area contributed by atoms with Gasteiger partial charge < -0.3 is 93.3 Å². The molecule has 0 aliphatic carbocycles. The van der Waals surface area contributed by atoms with Gasteiger partial charge in [0.1, 0.15) is 78.0 Å². The maximum Gasteiger partial charge on any atom is 0.305 e. The Labute approximate surface area is 752 Å². The number of aromatic hydroxyl groups is 1. The molecule has 1 aromatic heterocycles. The monoisotopic (exact) mass is 1800 g/mol. The predicted octanol–water partition coefficient (Wildman–Crippen LogP) is 2.76. The third kappa shape index (κ3) is 30.6. The molecule has 6 aromatic carbocycles. The van der Waals surface area contributed by atoms with E-state index in [1.807, 2.05) is 6.92 Å². The Bertz CT molecular complexity index is 5070. The van der Waals surface area contributed by atoms with Crippen molar-refractivity contribution in [2.45, 2.75) is 172 Å². The molecule has 0 radical (unpaired) electrons. The van der Waals surface area contributed by atoms with Crippen molar-refractivity contribution in [3.63, 3.8) is 0 Å². The summed E-state index contributed by atoms with van der Waals surface area (Å²) in [5.74, 6) is -18.1. The molecule has 2 heterocycles. The van der Waals surface area contributed by atoms with Crippen LogP contribution in [0.1, 0.15) is 100 Å². The number of nitrogens with one attached hydrogen (secondary N) is 10. The molecule has 7 aromatic rings. The first-order chi connectivity index (χ1) is 61.4. The number of rotatable bonds is 23. The number of phenolic OH excluding ortho intramolecular Hbond substituents is 1. The molecule has 690 valence electrons. The quantitative estimate of drug-likeness (QED) is 0.0438. The molecule has 129 heavy (non-hydrogen) atoms. The van der Waals surface area contributed by atoms with Crippen molar-refractivity contribution in [3.05, 3.63) is 209 Å². The number of nitrogens with two attached hydrogens (primary N) is 1. The number of carbonyl (C=O) groups excluding carboxylic acids is 15. The van der Waals surface area contributed by atoms with Crippen molar-refractivity contribution in [1.29, 1.82) is 0 Å². The van der Waals surface area contributed by atoms with Gasteiger partial charge in [0.25, 0.3) is 0 Å². The topological polar surface area (TPSA) is 480 Å². The highest BCUT2D eigenvalue weighted by Crippen LogP contribution is 2.24. The fourth-order valence-electron chi connectivity index (χ4n) is 14.9. The average molecular weight is 1800 g/mol. The normalized spacial score (nSPS) is 21.9. The van der Waals surface area contributed by atoms with E-state index in [-0.39, 0.29) is 63.0 Å². The number of primary amides is 1. The number of hydrogen-bond donors (Lipinski definition) is 13. The van der Waals surface area contributed by atoms with E-state index in [0.29, 0.717) is 57.1 Å². The molecule has 8 rings (SSSR count). The molecular weight excluding hydrogens is 1680 g/mol. The Balaban J connectivity index is 1.21. The molecule has 14 N–H and O–H groups in total. The van der Waals surface area contributed by atoms with Gasteiger partial charge in [-0.25, -0.2) is 4.39 Å². The predicted molar refractivity (Wildman–Crippen MR) is 480 cm³/mol. The van der Waals surface area contributed by atoms with Crippen molar-refractivity contribution in [1.82, 2.24) is 77.3 Å². The summed E-state index contributed by atoms with van der Waals surface area (Å²) in [6, 6.07) is 26.3. The van der Waals surface area contributed by atoms with Gasteiger partial charge in [0.05, 0.1) is 31.8 Å². The van der Waals surface area contributed by atoms with Crippen molar-refractivity contribution in [2.24, 2.45) is 17.6 Å². The summed E-state index contributed by atoms with van der Waals surface area (Å²) in [5.41, 5.74) is 8.98. The van der Waals surface area contributed by atoms with Gasteiger partial charge in [-0.05, 0) is 88.4 Å². The number of benzene rings is 6. The number of phenols is 1. The SMILES string of the molecule is CCCC[C@H]1C(=O)N(C)CC(=O)N[C@@H](CC(=O)O)C(=O)N[C@@H](C(C)C)C(=O)N(C)[C@@H](Cc2ccccc2)C(=O)N[C@@H](Cc2ccc(O)cc2)C(=O)N(C)CC(=O)N[C@@H](Cc2c[nH]c3ccccc23)C(=O)N[C@@H](Cc2ccc(F)cc2)C(=O)N[C@@H](CC(C)C)C(=O)N[C@H](C(=O)NCC(N)=O)CSCC(=O)N[C@@H](Cc2ccccc2)C(=O)N(C)[C@@H](Cc2ccccc2)C(=O)N1C. The number of carboxylic acids is 1. The molecule has 1 fully saturated rings. The second-order valence-electron chi connectivity index (χ2n) is 33.0. The lowest BCUT2D eigenvalue weighted by Crippen LogP contribution is -2.61. The molecule has 11 atom stereocenters. The summed E-state index contributed by atoms with van der Waals surface area (Å²) in [6.45, 7) is 6.12. The molecule has 1 aliphatic heterocycles. The lowest BCUT2D eigenvalue weighted by Gasteiger charge is -2.37. The van der Waals surface area contributed by atoms with Crippen molar-refractivity contribution < 1.29 is 91.3 Å². The van der Waals surface area contributed by atoms with Crippen LogP contribution in [0.25, 0.3) is 10.9 Å². The molecule has 0 saturated carbocycles. The minimum atomic E-state index is -1.91. The van der Waals surface area contributed by atoms with Crippen LogP contribution in [0.3, 0.4) is 0 Å². The fourth-order valence-corrected chi connectivity index (χ4v) is 15.8. The number of aliphatic carboxylic acids is 1. The number of thioether (sulfide) groups is 1. The highest BCUT2D eigenvalue weighted by Gasteiger charge is 2.42. The van der Waals surface area contributed by atoms with Gasteiger partial charge in [0.15, 0.2) is 0 Å². The second kappa shape index (κ2) is 49.0. The standard InChI is InChI=1S/C93H117FN16O18S/c1-11-12-32-74-91(126)107(7)52-79(114)99-70(48-81(116)117)87(122)105-82(56(4)5)93(128)109(9)75(45-58-26-18-14-19-27-58)88(123)103-71(44-61-35-39-64(111)40-36-61)89(124)106(6)51-78(113)98-69(47-62-49-96-66-31-23-22-30-65(62)66)86(121)102-68(42-60-33-37-63(94)38-34-60)85(120)101-67(41-55(2)3)84(119)104-73(83(118)97-50-77(95)112)53-129-54-80(115)100-72(43-57-24-16-13-17-25-57)90(125)110(10)76(92(127)108(74)8)46-59-28-20-15-21-29-59/h13-31,33-40,49,55-56,67-76,82,96,111H,11-12,32,41-48,50-54H2,1-10H3,(H2,95,112)(H,97,118)(H,98,113)(H,99,114)(H,100,115)(H,101,120)(H,102,121)(H,103,123)(H,104,119)(H,105,122)(H,116,117)/t67-,68-,69-,70-,71-,72-,73-,74-,75-,76-,82-/m0/s1. The van der Waals surface area contributed by atoms with Gasteiger partial charge in [0, 0.05) is 96.6 Å². The number of amides is 15. The first kappa shape index (κ1) is 101. The number of carboxylic acid groups (broad SMARTS) is 1. The lowest BCUT2D eigenvalue weighted by atomic mass is 9.98. The molecule has 1 saturated heterocycles.